The summed E-state index contributed by atoms with van der Waals surface area (Å²) in [6, 6.07) is 0. The molecule has 13 heteroatoms. The van der Waals surface area contributed by atoms with Gasteiger partial charge in [-0.3, -0.25) is 9.59 Å². The van der Waals surface area contributed by atoms with Gasteiger partial charge in [-0.15, -0.1) is 0 Å². The van der Waals surface area contributed by atoms with Crippen LogP contribution in [0.25, 0.3) is 0 Å². The molecule has 0 aliphatic rings. The zero-order valence-corrected chi connectivity index (χ0v) is 16.4. The van der Waals surface area contributed by atoms with Crippen LogP contribution < -0.4 is 0 Å². The highest BCUT2D eigenvalue weighted by atomic mass is 16.6. The van der Waals surface area contributed by atoms with E-state index in [9.17, 15) is 28.8 Å². The third-order valence-corrected chi connectivity index (χ3v) is 2.28. The summed E-state index contributed by atoms with van der Waals surface area (Å²) in [7, 11) is 0. The summed E-state index contributed by atoms with van der Waals surface area (Å²) in [4.78, 5) is 63.6. The van der Waals surface area contributed by atoms with Crippen molar-refractivity contribution in [2.24, 2.45) is 0 Å². The van der Waals surface area contributed by atoms with Crippen molar-refractivity contribution in [3.63, 3.8) is 0 Å². The van der Waals surface area contributed by atoms with Crippen LogP contribution in [-0.4, -0.2) is 90.6 Å². The van der Waals surface area contributed by atoms with E-state index >= 15 is 0 Å². The van der Waals surface area contributed by atoms with Crippen LogP contribution in [0.3, 0.4) is 0 Å². The summed E-state index contributed by atoms with van der Waals surface area (Å²) >= 11 is 0. The molecular weight excluding hydrogens is 424 g/mol. The van der Waals surface area contributed by atoms with Crippen LogP contribution in [0.5, 0.6) is 0 Å². The molecule has 0 radical (unpaired) electrons. The van der Waals surface area contributed by atoms with E-state index in [1.54, 1.807) is 6.92 Å². The first kappa shape index (κ1) is 29.3. The summed E-state index contributed by atoms with van der Waals surface area (Å²) in [6.07, 6.45) is -0.599. The minimum absolute atomic E-state index is 0. The van der Waals surface area contributed by atoms with Crippen molar-refractivity contribution >= 4 is 35.6 Å². The molecule has 0 unspecified atom stereocenters. The Balaban J connectivity index is -0.000000200. The molecule has 0 atom stereocenters. The van der Waals surface area contributed by atoms with Crippen molar-refractivity contribution in [3.05, 3.63) is 0 Å². The molecule has 0 saturated heterocycles. The number of hydrogen-bond acceptors (Lipinski definition) is 12. The highest BCUT2D eigenvalue weighted by molar-refractivity contribution is 5.96. The number of rotatable bonds is 11. The Bertz CT molecular complexity index is 775. The van der Waals surface area contributed by atoms with Gasteiger partial charge < -0.3 is 34.3 Å². The number of carboxylic acid groups (broad SMARTS) is 1. The fourth-order valence-corrected chi connectivity index (χ4v) is 1.13. The SMILES string of the molecule is CC#CC#CC(=O)OCCOC(=O)CC(=O)COC(=O)CO.O=C(O)COC(=O)CO.[HH].[HH].[HH]. The van der Waals surface area contributed by atoms with Gasteiger partial charge in [0.05, 0.1) is 0 Å². The van der Waals surface area contributed by atoms with Gasteiger partial charge in [0.25, 0.3) is 0 Å². The number of aliphatic carboxylic acids is 1. The number of ketones is 1. The number of aliphatic hydroxyl groups excluding tert-OH is 2. The summed E-state index contributed by atoms with van der Waals surface area (Å²) in [6.45, 7) is -1.85. The van der Waals surface area contributed by atoms with Gasteiger partial charge in [0.2, 0.25) is 0 Å². The summed E-state index contributed by atoms with van der Waals surface area (Å²) in [5.74, 6) is 3.64. The minimum atomic E-state index is -1.24. The molecule has 0 aliphatic heterocycles. The van der Waals surface area contributed by atoms with Gasteiger partial charge >= 0.3 is 29.8 Å². The van der Waals surface area contributed by atoms with Crippen molar-refractivity contribution in [2.45, 2.75) is 13.3 Å². The highest BCUT2D eigenvalue weighted by Gasteiger charge is 2.13. The molecule has 0 rings (SSSR count). The second kappa shape index (κ2) is 19.4. The van der Waals surface area contributed by atoms with Crippen LogP contribution in [0.2, 0.25) is 0 Å². The number of esters is 4. The molecule has 0 spiro atoms. The van der Waals surface area contributed by atoms with Crippen molar-refractivity contribution in [3.8, 4) is 23.7 Å². The van der Waals surface area contributed by atoms with Crippen LogP contribution in [0.4, 0.5) is 0 Å². The third kappa shape index (κ3) is 22.2. The molecule has 0 aromatic carbocycles. The van der Waals surface area contributed by atoms with Gasteiger partial charge in [-0.05, 0) is 18.8 Å². The van der Waals surface area contributed by atoms with E-state index in [1.165, 1.54) is 0 Å². The van der Waals surface area contributed by atoms with Crippen molar-refractivity contribution < 1.29 is 67.3 Å². The molecular formula is C18H26O13. The highest BCUT2D eigenvalue weighted by Crippen LogP contribution is 1.91. The Morgan fingerprint density at radius 2 is 1.32 bits per heavy atom. The van der Waals surface area contributed by atoms with E-state index in [0.29, 0.717) is 0 Å². The number of carbonyl (C=O) groups is 6. The van der Waals surface area contributed by atoms with E-state index in [0.717, 1.165) is 0 Å². The average Bonchev–Trinajstić information content (AvgIpc) is 2.73. The monoisotopic (exact) mass is 450 g/mol. The predicted octanol–water partition coefficient (Wildman–Crippen LogP) is -2.06. The van der Waals surface area contributed by atoms with E-state index in [-0.39, 0.29) is 17.5 Å². The third-order valence-electron chi connectivity index (χ3n) is 2.28. The first-order chi connectivity index (χ1) is 14.7. The fraction of sp³-hybridized carbons (Fsp3) is 0.444. The molecule has 0 bridgehead atoms. The zero-order valence-electron chi connectivity index (χ0n) is 16.4. The van der Waals surface area contributed by atoms with Gasteiger partial charge in [-0.2, -0.15) is 0 Å². The van der Waals surface area contributed by atoms with Crippen LogP contribution in [0.15, 0.2) is 0 Å². The molecule has 0 heterocycles. The second-order valence-electron chi connectivity index (χ2n) is 4.73. The Labute approximate surface area is 180 Å². The number of aliphatic hydroxyl groups is 2. The van der Waals surface area contributed by atoms with E-state index < -0.39 is 68.5 Å². The Morgan fingerprint density at radius 3 is 1.84 bits per heavy atom. The lowest BCUT2D eigenvalue weighted by atomic mass is 10.3. The molecule has 0 aromatic heterocycles. The van der Waals surface area contributed by atoms with Gasteiger partial charge in [-0.1, -0.05) is 5.92 Å². The number of hydrogen-bond donors (Lipinski definition) is 3. The van der Waals surface area contributed by atoms with Crippen LogP contribution in [-0.2, 0) is 47.7 Å². The molecule has 0 saturated carbocycles. The van der Waals surface area contributed by atoms with Crippen LogP contribution >= 0.6 is 0 Å². The molecule has 0 fully saturated rings. The average molecular weight is 450 g/mol. The molecule has 13 nitrogen and oxygen atoms in total. The minimum Gasteiger partial charge on any atom is -0.479 e. The van der Waals surface area contributed by atoms with Crippen molar-refractivity contribution in [1.82, 2.24) is 0 Å². The molecule has 0 amide bonds. The summed E-state index contributed by atoms with van der Waals surface area (Å²) in [5.41, 5.74) is 0. The Hall–Kier alpha value is -3.94. The van der Waals surface area contributed by atoms with Crippen LogP contribution in [0, 0.1) is 23.7 Å². The van der Waals surface area contributed by atoms with E-state index in [1.807, 2.05) is 0 Å². The second-order valence-corrected chi connectivity index (χ2v) is 4.73. The predicted molar refractivity (Wildman–Crippen MR) is 103 cm³/mol. The number of carboxylic acids is 1. The normalized spacial score (nSPS) is 8.48. The maximum Gasteiger partial charge on any atom is 0.385 e. The van der Waals surface area contributed by atoms with Gasteiger partial charge in [0, 0.05) is 10.2 Å². The quantitative estimate of drug-likeness (QED) is 0.0775. The van der Waals surface area contributed by atoms with Crippen molar-refractivity contribution in [1.29, 1.82) is 0 Å². The summed E-state index contributed by atoms with van der Waals surface area (Å²) in [5, 5.41) is 24.2. The maximum absolute atomic E-state index is 11.2. The molecule has 176 valence electrons. The molecule has 0 aromatic rings. The van der Waals surface area contributed by atoms with Gasteiger partial charge in [0.15, 0.2) is 19.0 Å². The van der Waals surface area contributed by atoms with Gasteiger partial charge in [-0.25, -0.2) is 19.2 Å². The lowest BCUT2D eigenvalue weighted by Gasteiger charge is -2.04. The lowest BCUT2D eigenvalue weighted by molar-refractivity contribution is -0.156. The molecule has 0 aliphatic carbocycles. The van der Waals surface area contributed by atoms with Crippen LogP contribution in [0.1, 0.15) is 17.6 Å². The smallest absolute Gasteiger partial charge is 0.385 e. The van der Waals surface area contributed by atoms with Crippen molar-refractivity contribution in [2.75, 3.05) is 39.6 Å². The Morgan fingerprint density at radius 1 is 0.774 bits per heavy atom. The standard InChI is InChI=1S/C14H14O8.C4H6O5.3H2/c1-2-3-4-5-12(17)20-6-7-21-13(18)8-11(16)10-22-14(19)9-15;5-1-4(8)9-2-3(6)7;;;/h15H,6-10H2,1H3;5H,1-2H2,(H,6,7);3*1H. The van der Waals surface area contributed by atoms with Gasteiger partial charge in [0.1, 0.15) is 32.8 Å². The molecule has 3 N–H and O–H groups in total. The lowest BCUT2D eigenvalue weighted by Crippen LogP contribution is -2.20. The fourth-order valence-electron chi connectivity index (χ4n) is 1.13. The summed E-state index contributed by atoms with van der Waals surface area (Å²) < 4.78 is 17.5. The topological polar surface area (TPSA) is 200 Å². The number of Topliss-reactive ketones (excluding diaryl/α,β-unsaturated/α-hetero) is 1. The zero-order chi connectivity index (χ0) is 24.1. The Kier molecular flexibility index (Phi) is 18.3. The first-order valence-corrected chi connectivity index (χ1v) is 8.17. The van der Waals surface area contributed by atoms with E-state index in [2.05, 4.69) is 42.6 Å². The molecule has 31 heavy (non-hydrogen) atoms. The number of ether oxygens (including phenoxy) is 4. The maximum atomic E-state index is 11.2. The first-order valence-electron chi connectivity index (χ1n) is 8.17. The number of carbonyl (C=O) groups excluding carboxylic acids is 5. The van der Waals surface area contributed by atoms with E-state index in [4.69, 9.17) is 15.3 Å². The largest absolute Gasteiger partial charge is 0.479 e.